The zero-order valence-electron chi connectivity index (χ0n) is 2.97. The molecule has 4 heteroatoms. The van der Waals surface area contributed by atoms with Crippen LogP contribution in [-0.4, -0.2) is 24.3 Å². The molecule has 25 valence electrons. The summed E-state index contributed by atoms with van der Waals surface area (Å²) in [6.45, 7) is 0. The van der Waals surface area contributed by atoms with Crippen molar-refractivity contribution in [3.63, 3.8) is 0 Å². The van der Waals surface area contributed by atoms with Crippen LogP contribution >= 0.6 is 0 Å². The van der Waals surface area contributed by atoms with Gasteiger partial charge in [0, 0.05) is 0 Å². The van der Waals surface area contributed by atoms with Crippen molar-refractivity contribution >= 4 is 24.5 Å². The Morgan fingerprint density at radius 2 is 2.20 bits per heavy atom. The van der Waals surface area contributed by atoms with Gasteiger partial charge in [0.2, 0.25) is 0 Å². The molecule has 1 unspecified atom stereocenters. The van der Waals surface area contributed by atoms with Crippen LogP contribution in [0.15, 0.2) is 0 Å². The summed E-state index contributed by atoms with van der Waals surface area (Å²) in [6, 6.07) is 0. The average Bonchev–Trinajstić information content (AvgIpc) is 1.38. The fourth-order valence-corrected chi connectivity index (χ4v) is 0. The SMILES string of the molecule is [B]=B[S+](C)[O-]. The Hall–Kier alpha value is 0.440. The van der Waals surface area contributed by atoms with Crippen LogP contribution < -0.4 is 0 Å². The van der Waals surface area contributed by atoms with Crippen molar-refractivity contribution in [3.05, 3.63) is 0 Å². The van der Waals surface area contributed by atoms with Gasteiger partial charge in [0.1, 0.15) is 0 Å². The Balaban J connectivity index is 2.83. The molecule has 0 aromatic rings. The van der Waals surface area contributed by atoms with Gasteiger partial charge in [0.25, 0.3) is 0 Å². The summed E-state index contributed by atoms with van der Waals surface area (Å²) >= 11 is -0.920. The number of hydrogen-bond donors (Lipinski definition) is 0. The summed E-state index contributed by atoms with van der Waals surface area (Å²) in [5, 5.41) is 0. The van der Waals surface area contributed by atoms with E-state index in [0.29, 0.717) is 0 Å². The first kappa shape index (κ1) is 5.44. The Morgan fingerprint density at radius 1 is 2.00 bits per heavy atom. The Bertz CT molecular complexity index is 36.6. The van der Waals surface area contributed by atoms with E-state index in [-0.39, 0.29) is 0 Å². The molecule has 1 radical (unpaired) electrons. The maximum absolute atomic E-state index is 9.74. The summed E-state index contributed by atoms with van der Waals surface area (Å²) in [5.41, 5.74) is 0. The maximum atomic E-state index is 9.74. The van der Waals surface area contributed by atoms with Crippen molar-refractivity contribution in [1.29, 1.82) is 0 Å². The summed E-state index contributed by atoms with van der Waals surface area (Å²) in [7, 11) is 4.75. The third-order valence-electron chi connectivity index (χ3n) is 0.192. The molecule has 0 aromatic heterocycles. The van der Waals surface area contributed by atoms with Crippen molar-refractivity contribution < 1.29 is 4.55 Å². The first-order chi connectivity index (χ1) is 2.27. The Kier molecular flexibility index (Phi) is 2.90. The molecule has 1 atom stereocenters. The molecule has 0 aliphatic heterocycles. The van der Waals surface area contributed by atoms with Crippen LogP contribution in [0.4, 0.5) is 0 Å². The fourth-order valence-electron chi connectivity index (χ4n) is 0. The molecule has 0 N–H and O–H groups in total. The molecule has 0 spiro atoms. The quantitative estimate of drug-likeness (QED) is 0.297. The van der Waals surface area contributed by atoms with E-state index in [4.69, 9.17) is 7.37 Å². The number of hydrogen-bond acceptors (Lipinski definition) is 1. The molecule has 0 aromatic carbocycles. The topological polar surface area (TPSA) is 23.1 Å². The van der Waals surface area contributed by atoms with E-state index in [9.17, 15) is 4.55 Å². The molecule has 5 heavy (non-hydrogen) atoms. The van der Waals surface area contributed by atoms with Gasteiger partial charge in [-0.3, -0.25) is 0 Å². The van der Waals surface area contributed by atoms with E-state index in [0.717, 1.165) is 6.08 Å². The van der Waals surface area contributed by atoms with Gasteiger partial charge in [-0.15, -0.1) is 0 Å². The average molecular weight is 84.7 g/mol. The van der Waals surface area contributed by atoms with Crippen LogP contribution in [-0.2, 0) is 11.0 Å². The zero-order valence-corrected chi connectivity index (χ0v) is 3.79. The Labute approximate surface area is 36.1 Å². The summed E-state index contributed by atoms with van der Waals surface area (Å²) < 4.78 is 9.74. The summed E-state index contributed by atoms with van der Waals surface area (Å²) in [5.74, 6) is 0. The predicted molar refractivity (Wildman–Crippen MR) is 25.6 cm³/mol. The predicted octanol–water partition coefficient (Wildman–Crippen LogP) is -0.932. The Morgan fingerprint density at radius 3 is 2.20 bits per heavy atom. The molecule has 0 amide bonds. The van der Waals surface area contributed by atoms with Gasteiger partial charge in [0.15, 0.2) is 0 Å². The molecule has 0 bridgehead atoms. The second-order valence-electron chi connectivity index (χ2n) is 0.635. The molecule has 0 aliphatic carbocycles. The van der Waals surface area contributed by atoms with Gasteiger partial charge in [-0.2, -0.15) is 0 Å². The molecule has 0 aliphatic rings. The standard InChI is InChI=1S/CH3B2OS/c1-5(4)3-2/h1H3. The fraction of sp³-hybridized carbons (Fsp3) is 1.00. The summed E-state index contributed by atoms with van der Waals surface area (Å²) in [6.07, 6.45) is 2.65. The van der Waals surface area contributed by atoms with E-state index >= 15 is 0 Å². The summed E-state index contributed by atoms with van der Waals surface area (Å²) in [4.78, 5) is 0. The minimum absolute atomic E-state index is 0.920. The van der Waals surface area contributed by atoms with Gasteiger partial charge in [-0.05, 0) is 0 Å². The molecule has 0 heterocycles. The van der Waals surface area contributed by atoms with E-state index in [1.165, 1.54) is 6.26 Å². The van der Waals surface area contributed by atoms with Gasteiger partial charge >= 0.3 is 35.3 Å². The van der Waals surface area contributed by atoms with E-state index < -0.39 is 11.0 Å². The third kappa shape index (κ3) is 4.44. The molecule has 0 saturated heterocycles. The van der Waals surface area contributed by atoms with Gasteiger partial charge in [-0.25, -0.2) is 0 Å². The van der Waals surface area contributed by atoms with Crippen LogP contribution in [0.1, 0.15) is 0 Å². The normalized spacial score (nSPS) is 13.0. The molecular formula is CH3B2OS. The number of rotatable bonds is 1. The van der Waals surface area contributed by atoms with Crippen LogP contribution in [0.3, 0.4) is 0 Å². The molecular weight excluding hydrogens is 81.7 g/mol. The van der Waals surface area contributed by atoms with E-state index in [1.807, 2.05) is 0 Å². The van der Waals surface area contributed by atoms with Crippen LogP contribution in [0.2, 0.25) is 0 Å². The monoisotopic (exact) mass is 85.0 g/mol. The van der Waals surface area contributed by atoms with Crippen molar-refractivity contribution in [2.45, 2.75) is 0 Å². The first-order valence-corrected chi connectivity index (χ1v) is 2.77. The van der Waals surface area contributed by atoms with Crippen LogP contribution in [0.5, 0.6) is 0 Å². The third-order valence-corrected chi connectivity index (χ3v) is 0.575. The molecule has 0 rings (SSSR count). The minimum atomic E-state index is -0.920. The van der Waals surface area contributed by atoms with Crippen molar-refractivity contribution in [1.82, 2.24) is 0 Å². The van der Waals surface area contributed by atoms with Gasteiger partial charge in [0.05, 0.1) is 0 Å². The molecule has 1 nitrogen and oxygen atoms in total. The van der Waals surface area contributed by atoms with Gasteiger partial charge < -0.3 is 0 Å². The van der Waals surface area contributed by atoms with Crippen molar-refractivity contribution in [3.8, 4) is 0 Å². The molecule has 0 fully saturated rings. The first-order valence-electron chi connectivity index (χ1n) is 1.14. The van der Waals surface area contributed by atoms with Gasteiger partial charge in [-0.1, -0.05) is 0 Å². The van der Waals surface area contributed by atoms with Crippen molar-refractivity contribution in [2.75, 3.05) is 6.26 Å². The molecule has 0 saturated carbocycles. The second-order valence-corrected chi connectivity index (χ2v) is 1.90. The van der Waals surface area contributed by atoms with Crippen molar-refractivity contribution in [2.24, 2.45) is 0 Å². The van der Waals surface area contributed by atoms with Crippen LogP contribution in [0.25, 0.3) is 0 Å². The zero-order chi connectivity index (χ0) is 4.28. The van der Waals surface area contributed by atoms with E-state index in [1.54, 1.807) is 0 Å². The van der Waals surface area contributed by atoms with Crippen LogP contribution in [0, 0.1) is 0 Å². The second kappa shape index (κ2) is 2.67. The van der Waals surface area contributed by atoms with E-state index in [2.05, 4.69) is 0 Å².